The first-order chi connectivity index (χ1) is 19.8. The summed E-state index contributed by atoms with van der Waals surface area (Å²) in [4.78, 5) is 42.5. The molecule has 2 amide bonds. The van der Waals surface area contributed by atoms with Gasteiger partial charge in [0.2, 0.25) is 0 Å². The monoisotopic (exact) mass is 554 g/mol. The Hall–Kier alpha value is -4.79. The van der Waals surface area contributed by atoms with E-state index >= 15 is 0 Å². The highest BCUT2D eigenvalue weighted by Crippen LogP contribution is 2.57. The normalized spacial score (nSPS) is 14.3. The maximum absolute atomic E-state index is 14.0. The molecule has 2 aliphatic heterocycles. The van der Waals surface area contributed by atoms with Crippen LogP contribution in [0.15, 0.2) is 72.8 Å². The summed E-state index contributed by atoms with van der Waals surface area (Å²) in [6, 6.07) is 19.1. The highest BCUT2D eigenvalue weighted by molar-refractivity contribution is 6.04. The molecule has 2 aliphatic rings. The van der Waals surface area contributed by atoms with Gasteiger partial charge in [-0.3, -0.25) is 15.0 Å². The van der Waals surface area contributed by atoms with Gasteiger partial charge in [-0.05, 0) is 45.9 Å². The molecule has 0 saturated heterocycles. The highest BCUT2D eigenvalue weighted by Gasteiger charge is 2.57. The number of ether oxygens (including phenoxy) is 1. The van der Waals surface area contributed by atoms with Gasteiger partial charge in [-0.15, -0.1) is 0 Å². The van der Waals surface area contributed by atoms with Gasteiger partial charge in [0.05, 0.1) is 0 Å². The predicted octanol–water partition coefficient (Wildman–Crippen LogP) is 4.90. The Bertz CT molecular complexity index is 1480. The molecule has 41 heavy (non-hydrogen) atoms. The molecule has 1 spiro atoms. The van der Waals surface area contributed by atoms with E-state index in [1.165, 1.54) is 5.01 Å². The van der Waals surface area contributed by atoms with Gasteiger partial charge in [0.1, 0.15) is 17.0 Å². The van der Waals surface area contributed by atoms with Gasteiger partial charge in [0.15, 0.2) is 0 Å². The number of nitrogens with zero attached hydrogens (tertiary/aromatic N) is 3. The molecule has 212 valence electrons. The number of carboxylic acids is 1. The molecule has 9 heteroatoms. The molecule has 0 radical (unpaired) electrons. The second kappa shape index (κ2) is 11.0. The van der Waals surface area contributed by atoms with Crippen LogP contribution in [0.1, 0.15) is 54.7 Å². The maximum Gasteiger partial charge on any atom is 0.328 e. The first kappa shape index (κ1) is 27.8. The van der Waals surface area contributed by atoms with E-state index in [1.807, 2.05) is 48.5 Å². The van der Waals surface area contributed by atoms with Crippen LogP contribution in [0.4, 0.5) is 11.4 Å². The summed E-state index contributed by atoms with van der Waals surface area (Å²) < 4.78 is 6.61. The van der Waals surface area contributed by atoms with Crippen LogP contribution in [0, 0.1) is 0 Å². The number of rotatable bonds is 9. The third kappa shape index (κ3) is 4.47. The van der Waals surface area contributed by atoms with Crippen LogP contribution in [-0.4, -0.2) is 54.1 Å². The molecule has 0 atom stereocenters. The quantitative estimate of drug-likeness (QED) is 0.363. The van der Waals surface area contributed by atoms with E-state index in [4.69, 9.17) is 9.84 Å². The average Bonchev–Trinajstić information content (AvgIpc) is 3.21. The summed E-state index contributed by atoms with van der Waals surface area (Å²) in [6.07, 6.45) is 1.65. The number of hydrogen-bond acceptors (Lipinski definition) is 6. The number of hydrazine groups is 1. The molecule has 9 nitrogen and oxygen atoms in total. The third-order valence-corrected chi connectivity index (χ3v) is 7.87. The van der Waals surface area contributed by atoms with Crippen molar-refractivity contribution >= 4 is 29.2 Å². The van der Waals surface area contributed by atoms with Crippen molar-refractivity contribution in [2.24, 2.45) is 0 Å². The zero-order valence-corrected chi connectivity index (χ0v) is 23.7. The number of aliphatic carboxylic acids is 1. The van der Waals surface area contributed by atoms with Gasteiger partial charge >= 0.3 is 5.97 Å². The standard InChI is InChI=1S/C32H34N4O5/c1-5-34(6-2)21-13-15-25-27(19-21)41-28-20-22(35(7-3)8-4)14-16-26(28)32(25)24-12-10-9-11-23(24)31(40)36(32)33-29(37)17-18-30(38)39/h9-20H,5-8H2,1-4H3,(H,33,37)(H,38,39)/b18-17+. The number of carboxylic acid groups (broad SMARTS) is 1. The topological polar surface area (TPSA) is 102 Å². The largest absolute Gasteiger partial charge is 0.478 e. The molecule has 2 heterocycles. The molecule has 0 aliphatic carbocycles. The van der Waals surface area contributed by atoms with Crippen LogP contribution in [0.5, 0.6) is 11.5 Å². The minimum atomic E-state index is -1.26. The second-order valence-corrected chi connectivity index (χ2v) is 9.85. The van der Waals surface area contributed by atoms with E-state index in [0.717, 1.165) is 49.7 Å². The van der Waals surface area contributed by atoms with Gasteiger partial charge in [0, 0.05) is 84.1 Å². The Balaban J connectivity index is 1.80. The van der Waals surface area contributed by atoms with Crippen LogP contribution < -0.4 is 20.0 Å². The SMILES string of the molecule is CCN(CC)c1ccc2c(c1)Oc1cc(N(CC)CC)ccc1C21c2ccccc2C(=O)N1NC(=O)/C=C/C(=O)O. The molecule has 5 rings (SSSR count). The smallest absolute Gasteiger partial charge is 0.328 e. The fourth-order valence-corrected chi connectivity index (χ4v) is 5.96. The van der Waals surface area contributed by atoms with E-state index in [2.05, 4.69) is 42.9 Å². The minimum absolute atomic E-state index is 0.405. The molecule has 0 unspecified atom stereocenters. The second-order valence-electron chi connectivity index (χ2n) is 9.85. The summed E-state index contributed by atoms with van der Waals surface area (Å²) in [6.45, 7) is 11.6. The van der Waals surface area contributed by atoms with Crippen molar-refractivity contribution in [3.63, 3.8) is 0 Å². The van der Waals surface area contributed by atoms with Gasteiger partial charge in [-0.1, -0.05) is 30.3 Å². The molecule has 3 aromatic carbocycles. The first-order valence-electron chi connectivity index (χ1n) is 13.9. The van der Waals surface area contributed by atoms with Crippen LogP contribution in [0.25, 0.3) is 0 Å². The number of hydrogen-bond donors (Lipinski definition) is 2. The first-order valence-corrected chi connectivity index (χ1v) is 13.9. The number of carbonyl (C=O) groups excluding carboxylic acids is 2. The van der Waals surface area contributed by atoms with E-state index in [1.54, 1.807) is 12.1 Å². The van der Waals surface area contributed by atoms with Crippen LogP contribution >= 0.6 is 0 Å². The summed E-state index contributed by atoms with van der Waals surface area (Å²) in [5, 5.41) is 10.4. The maximum atomic E-state index is 14.0. The van der Waals surface area contributed by atoms with Crippen LogP contribution in [0.3, 0.4) is 0 Å². The molecule has 0 saturated carbocycles. The summed E-state index contributed by atoms with van der Waals surface area (Å²) in [7, 11) is 0. The van der Waals surface area contributed by atoms with Gasteiger partial charge in [-0.2, -0.15) is 0 Å². The lowest BCUT2D eigenvalue weighted by Crippen LogP contribution is -2.55. The zero-order chi connectivity index (χ0) is 29.3. The van der Waals surface area contributed by atoms with Gasteiger partial charge < -0.3 is 19.6 Å². The van der Waals surface area contributed by atoms with Crippen molar-refractivity contribution in [2.45, 2.75) is 33.2 Å². The van der Waals surface area contributed by atoms with Gasteiger partial charge in [-0.25, -0.2) is 9.80 Å². The Morgan fingerprint density at radius 1 is 0.829 bits per heavy atom. The van der Waals surface area contributed by atoms with Gasteiger partial charge in [0.25, 0.3) is 11.8 Å². The molecule has 0 bridgehead atoms. The van der Waals surface area contributed by atoms with Crippen molar-refractivity contribution in [1.29, 1.82) is 0 Å². The average molecular weight is 555 g/mol. The lowest BCUT2D eigenvalue weighted by molar-refractivity contribution is -0.132. The Kier molecular flexibility index (Phi) is 7.45. The van der Waals surface area contributed by atoms with E-state index in [-0.39, 0.29) is 0 Å². The Labute approximate surface area is 239 Å². The molecule has 0 fully saturated rings. The number of anilines is 2. The van der Waals surface area contributed by atoms with Crippen molar-refractivity contribution in [3.05, 3.63) is 95.1 Å². The van der Waals surface area contributed by atoms with E-state index in [9.17, 15) is 14.4 Å². The Morgan fingerprint density at radius 2 is 1.37 bits per heavy atom. The van der Waals surface area contributed by atoms with Crippen molar-refractivity contribution in [1.82, 2.24) is 10.4 Å². The molecular weight excluding hydrogens is 520 g/mol. The summed E-state index contributed by atoms with van der Waals surface area (Å²) in [5.74, 6) is -1.26. The molecule has 3 aromatic rings. The Morgan fingerprint density at radius 3 is 1.88 bits per heavy atom. The molecular formula is C32H34N4O5. The fourth-order valence-electron chi connectivity index (χ4n) is 5.96. The molecule has 2 N–H and O–H groups in total. The van der Waals surface area contributed by atoms with Crippen molar-refractivity contribution in [3.8, 4) is 11.5 Å². The number of nitrogens with one attached hydrogen (secondary N) is 1. The van der Waals surface area contributed by atoms with Crippen LogP contribution in [0.2, 0.25) is 0 Å². The third-order valence-electron chi connectivity index (χ3n) is 7.87. The minimum Gasteiger partial charge on any atom is -0.478 e. The summed E-state index contributed by atoms with van der Waals surface area (Å²) in [5.41, 5.74) is 5.93. The number of benzene rings is 3. The molecule has 0 aromatic heterocycles. The van der Waals surface area contributed by atoms with Crippen molar-refractivity contribution < 1.29 is 24.2 Å². The number of fused-ring (bicyclic) bond motifs is 6. The summed E-state index contributed by atoms with van der Waals surface area (Å²) >= 11 is 0. The lowest BCUT2D eigenvalue weighted by atomic mass is 9.75. The number of carbonyl (C=O) groups is 3. The predicted molar refractivity (Wildman–Crippen MR) is 157 cm³/mol. The van der Waals surface area contributed by atoms with Crippen LogP contribution in [-0.2, 0) is 15.1 Å². The van der Waals surface area contributed by atoms with Crippen molar-refractivity contribution in [2.75, 3.05) is 36.0 Å². The fraction of sp³-hybridized carbons (Fsp3) is 0.281. The van der Waals surface area contributed by atoms with E-state index in [0.29, 0.717) is 33.8 Å². The van der Waals surface area contributed by atoms with E-state index < -0.39 is 23.3 Å². The highest BCUT2D eigenvalue weighted by atomic mass is 16.5. The lowest BCUT2D eigenvalue weighted by Gasteiger charge is -2.44. The zero-order valence-electron chi connectivity index (χ0n) is 23.7. The number of amides is 2.